The van der Waals surface area contributed by atoms with Crippen molar-refractivity contribution in [1.82, 2.24) is 4.90 Å². The lowest BCUT2D eigenvalue weighted by molar-refractivity contribution is -0.146. The van der Waals surface area contributed by atoms with Gasteiger partial charge in [-0.25, -0.2) is 4.79 Å². The lowest BCUT2D eigenvalue weighted by Gasteiger charge is -2.33. The maximum atomic E-state index is 11.3. The van der Waals surface area contributed by atoms with E-state index in [1.165, 1.54) is 28.4 Å². The molecular weight excluding hydrogens is 222 g/mol. The summed E-state index contributed by atoms with van der Waals surface area (Å²) in [6, 6.07) is 0. The van der Waals surface area contributed by atoms with Crippen LogP contribution in [-0.2, 0) is 9.59 Å². The quantitative estimate of drug-likeness (QED) is 0.728. The summed E-state index contributed by atoms with van der Waals surface area (Å²) in [4.78, 5) is 22.4. The largest absolute Gasteiger partial charge is 0.479 e. The van der Waals surface area contributed by atoms with E-state index in [0.29, 0.717) is 13.0 Å². The Morgan fingerprint density at radius 3 is 2.64 bits per heavy atom. The molecule has 0 aromatic rings. The number of carboxylic acids is 1. The second kappa shape index (κ2) is 4.44. The number of rotatable bonds is 4. The first-order chi connectivity index (χ1) is 6.63. The second-order valence-corrected chi connectivity index (χ2v) is 5.09. The fourth-order valence-electron chi connectivity index (χ4n) is 1.81. The van der Waals surface area contributed by atoms with E-state index >= 15 is 0 Å². The number of thioether (sulfide) groups is 2. The molecule has 2 atom stereocenters. The van der Waals surface area contributed by atoms with Crippen molar-refractivity contribution in [3.63, 3.8) is 0 Å². The maximum Gasteiger partial charge on any atom is 0.341 e. The van der Waals surface area contributed by atoms with Crippen LogP contribution in [0.15, 0.2) is 0 Å². The first-order valence-electron chi connectivity index (χ1n) is 4.16. The molecule has 1 heterocycles. The average Bonchev–Trinajstić information content (AvgIpc) is 2.55. The van der Waals surface area contributed by atoms with Gasteiger partial charge in [-0.05, 0) is 18.9 Å². The van der Waals surface area contributed by atoms with Crippen LogP contribution in [0.4, 0.5) is 0 Å². The molecule has 1 aliphatic rings. The number of carbonyl (C=O) groups excluding carboxylic acids is 1. The SMILES string of the molecule is CSC1CCN(C=O)[C@]1(SC)C(=O)O. The van der Waals surface area contributed by atoms with Crippen molar-refractivity contribution in [3.8, 4) is 0 Å². The van der Waals surface area contributed by atoms with E-state index in [1.54, 1.807) is 6.26 Å². The minimum absolute atomic E-state index is 0.0276. The van der Waals surface area contributed by atoms with Crippen LogP contribution in [0.5, 0.6) is 0 Å². The van der Waals surface area contributed by atoms with Crippen LogP contribution in [0.25, 0.3) is 0 Å². The summed E-state index contributed by atoms with van der Waals surface area (Å²) in [6.07, 6.45) is 5.00. The lowest BCUT2D eigenvalue weighted by atomic mass is 10.2. The normalized spacial score (nSPS) is 31.9. The number of amides is 1. The number of nitrogens with zero attached hydrogens (tertiary/aromatic N) is 1. The van der Waals surface area contributed by atoms with Gasteiger partial charge in [0, 0.05) is 6.54 Å². The second-order valence-electron chi connectivity index (χ2n) is 3.02. The molecule has 14 heavy (non-hydrogen) atoms. The number of hydrogen-bond acceptors (Lipinski definition) is 4. The predicted octanol–water partition coefficient (Wildman–Crippen LogP) is 0.724. The van der Waals surface area contributed by atoms with E-state index in [9.17, 15) is 14.7 Å². The summed E-state index contributed by atoms with van der Waals surface area (Å²) in [7, 11) is 0. The monoisotopic (exact) mass is 235 g/mol. The third-order valence-electron chi connectivity index (χ3n) is 2.52. The van der Waals surface area contributed by atoms with Crippen molar-refractivity contribution < 1.29 is 14.7 Å². The molecule has 1 aliphatic heterocycles. The average molecular weight is 235 g/mol. The van der Waals surface area contributed by atoms with Crippen molar-refractivity contribution in [1.29, 1.82) is 0 Å². The molecule has 0 aromatic carbocycles. The Morgan fingerprint density at radius 1 is 1.64 bits per heavy atom. The standard InChI is InChI=1S/C8H13NO3S2/c1-13-6-3-4-9(5-10)8(6,14-2)7(11)12/h5-6H,3-4H2,1-2H3,(H,11,12)/t6?,8-/m1/s1. The van der Waals surface area contributed by atoms with Crippen LogP contribution in [0.1, 0.15) is 6.42 Å². The van der Waals surface area contributed by atoms with E-state index < -0.39 is 10.8 Å². The fraction of sp³-hybridized carbons (Fsp3) is 0.750. The Morgan fingerprint density at radius 2 is 2.29 bits per heavy atom. The van der Waals surface area contributed by atoms with Crippen LogP contribution in [0, 0.1) is 0 Å². The number of carbonyl (C=O) groups is 2. The molecule has 0 bridgehead atoms. The molecule has 1 saturated heterocycles. The Hall–Kier alpha value is -0.360. The van der Waals surface area contributed by atoms with Gasteiger partial charge in [0.25, 0.3) is 0 Å². The highest BCUT2D eigenvalue weighted by molar-refractivity contribution is 8.04. The first-order valence-corrected chi connectivity index (χ1v) is 6.68. The fourth-order valence-corrected chi connectivity index (χ4v) is 4.21. The molecule has 4 nitrogen and oxygen atoms in total. The molecule has 0 aliphatic carbocycles. The van der Waals surface area contributed by atoms with E-state index in [1.807, 2.05) is 6.26 Å². The van der Waals surface area contributed by atoms with Gasteiger partial charge in [0.15, 0.2) is 4.87 Å². The van der Waals surface area contributed by atoms with Gasteiger partial charge in [-0.3, -0.25) is 4.79 Å². The van der Waals surface area contributed by atoms with Crippen LogP contribution in [0.3, 0.4) is 0 Å². The van der Waals surface area contributed by atoms with Gasteiger partial charge < -0.3 is 10.0 Å². The molecule has 1 N–H and O–H groups in total. The molecular formula is C8H13NO3S2. The van der Waals surface area contributed by atoms with Crippen LogP contribution in [0.2, 0.25) is 0 Å². The van der Waals surface area contributed by atoms with Crippen LogP contribution < -0.4 is 0 Å². The number of hydrogen-bond donors (Lipinski definition) is 1. The zero-order valence-electron chi connectivity index (χ0n) is 8.10. The van der Waals surface area contributed by atoms with Crippen molar-refractivity contribution in [2.45, 2.75) is 16.5 Å². The topological polar surface area (TPSA) is 57.6 Å². The summed E-state index contributed by atoms with van der Waals surface area (Å²) in [5.41, 5.74) is 0. The van der Waals surface area contributed by atoms with Crippen molar-refractivity contribution >= 4 is 35.9 Å². The molecule has 1 rings (SSSR count). The highest BCUT2D eigenvalue weighted by atomic mass is 32.2. The minimum atomic E-state index is -1.07. The smallest absolute Gasteiger partial charge is 0.341 e. The third kappa shape index (κ3) is 1.50. The summed E-state index contributed by atoms with van der Waals surface area (Å²) in [6.45, 7) is 0.530. The molecule has 1 amide bonds. The van der Waals surface area contributed by atoms with E-state index in [-0.39, 0.29) is 5.25 Å². The molecule has 0 spiro atoms. The summed E-state index contributed by atoms with van der Waals surface area (Å²) < 4.78 is 0. The molecule has 80 valence electrons. The van der Waals surface area contributed by atoms with E-state index in [2.05, 4.69) is 0 Å². The summed E-state index contributed by atoms with van der Waals surface area (Å²) >= 11 is 2.74. The third-order valence-corrected chi connectivity index (χ3v) is 5.14. The first kappa shape index (κ1) is 11.7. The number of aliphatic carboxylic acids is 1. The molecule has 0 aromatic heterocycles. The summed E-state index contributed by atoms with van der Waals surface area (Å²) in [5, 5.41) is 9.20. The van der Waals surface area contributed by atoms with Crippen LogP contribution >= 0.6 is 23.5 Å². The maximum absolute atomic E-state index is 11.3. The minimum Gasteiger partial charge on any atom is -0.479 e. The Bertz CT molecular complexity index is 249. The Kier molecular flexibility index (Phi) is 3.71. The van der Waals surface area contributed by atoms with E-state index in [0.717, 1.165) is 6.42 Å². The zero-order valence-corrected chi connectivity index (χ0v) is 9.73. The van der Waals surface area contributed by atoms with Gasteiger partial charge in [-0.2, -0.15) is 11.8 Å². The van der Waals surface area contributed by atoms with Gasteiger partial charge in [-0.15, -0.1) is 11.8 Å². The summed E-state index contributed by atoms with van der Waals surface area (Å²) in [5.74, 6) is -0.922. The van der Waals surface area contributed by atoms with Gasteiger partial charge in [0.05, 0.1) is 5.25 Å². The van der Waals surface area contributed by atoms with Gasteiger partial charge in [-0.1, -0.05) is 0 Å². The highest BCUT2D eigenvalue weighted by Crippen LogP contribution is 2.43. The highest BCUT2D eigenvalue weighted by Gasteiger charge is 2.54. The van der Waals surface area contributed by atoms with Gasteiger partial charge in [0.2, 0.25) is 6.41 Å². The number of likely N-dealkylation sites (tertiary alicyclic amines) is 1. The molecule has 0 radical (unpaired) electrons. The Labute approximate surface area is 91.4 Å². The molecule has 1 unspecified atom stereocenters. The van der Waals surface area contributed by atoms with Crippen molar-refractivity contribution in [2.24, 2.45) is 0 Å². The molecule has 1 fully saturated rings. The lowest BCUT2D eigenvalue weighted by Crippen LogP contribution is -2.52. The van der Waals surface area contributed by atoms with Gasteiger partial charge >= 0.3 is 5.97 Å². The number of carboxylic acid groups (broad SMARTS) is 1. The molecule has 0 saturated carbocycles. The zero-order chi connectivity index (χ0) is 10.8. The van der Waals surface area contributed by atoms with Crippen LogP contribution in [-0.4, -0.2) is 51.6 Å². The van der Waals surface area contributed by atoms with Gasteiger partial charge in [0.1, 0.15) is 0 Å². The predicted molar refractivity (Wildman–Crippen MR) is 58.6 cm³/mol. The molecule has 6 heteroatoms. The van der Waals surface area contributed by atoms with Crippen molar-refractivity contribution in [3.05, 3.63) is 0 Å². The van der Waals surface area contributed by atoms with E-state index in [4.69, 9.17) is 0 Å². The Balaban J connectivity index is 3.06. The van der Waals surface area contributed by atoms with Crippen molar-refractivity contribution in [2.75, 3.05) is 19.1 Å².